The van der Waals surface area contributed by atoms with E-state index >= 15 is 0 Å². The summed E-state index contributed by atoms with van der Waals surface area (Å²) in [4.78, 5) is 0. The molecular formula is C23H34NO+. The Morgan fingerprint density at radius 3 is 2.08 bits per heavy atom. The van der Waals surface area contributed by atoms with Crippen molar-refractivity contribution in [3.05, 3.63) is 65.7 Å². The van der Waals surface area contributed by atoms with Gasteiger partial charge in [0.25, 0.3) is 0 Å². The summed E-state index contributed by atoms with van der Waals surface area (Å²) in [5.41, 5.74) is 2.85. The summed E-state index contributed by atoms with van der Waals surface area (Å²) in [5, 5.41) is 2.47. The Bertz CT molecular complexity index is 591. The van der Waals surface area contributed by atoms with E-state index in [4.69, 9.17) is 4.74 Å². The first-order chi connectivity index (χ1) is 12.1. The van der Waals surface area contributed by atoms with Gasteiger partial charge in [-0.05, 0) is 42.9 Å². The van der Waals surface area contributed by atoms with E-state index in [0.717, 1.165) is 18.2 Å². The lowest BCUT2D eigenvalue weighted by Crippen LogP contribution is -2.84. The minimum atomic E-state index is 0.516. The second-order valence-electron chi connectivity index (χ2n) is 7.45. The lowest BCUT2D eigenvalue weighted by atomic mass is 9.88. The molecule has 2 aromatic carbocycles. The van der Waals surface area contributed by atoms with Gasteiger partial charge in [0.1, 0.15) is 11.8 Å². The molecule has 0 bridgehead atoms. The summed E-state index contributed by atoms with van der Waals surface area (Å²) in [5.74, 6) is 2.33. The molecule has 0 amide bonds. The van der Waals surface area contributed by atoms with Crippen molar-refractivity contribution in [1.82, 2.24) is 0 Å². The maximum absolute atomic E-state index is 5.30. The highest BCUT2D eigenvalue weighted by atomic mass is 16.5. The van der Waals surface area contributed by atoms with Gasteiger partial charge in [-0.3, -0.25) is 0 Å². The molecule has 2 aromatic rings. The van der Waals surface area contributed by atoms with Gasteiger partial charge in [-0.25, -0.2) is 0 Å². The molecule has 0 spiro atoms. The van der Waals surface area contributed by atoms with E-state index in [2.05, 4.69) is 80.7 Å². The molecular weight excluding hydrogens is 306 g/mol. The minimum absolute atomic E-state index is 0.516. The molecule has 0 aliphatic heterocycles. The highest BCUT2D eigenvalue weighted by Gasteiger charge is 2.15. The van der Waals surface area contributed by atoms with Gasteiger partial charge in [0.05, 0.1) is 13.7 Å². The summed E-state index contributed by atoms with van der Waals surface area (Å²) in [7, 11) is 1.73. The highest BCUT2D eigenvalue weighted by Crippen LogP contribution is 2.27. The standard InChI is InChI=1S/C23H33NO/c1-18(2)10-11-22(21-12-14-23(25-4)15-13-21)16-17-24-19(3)20-8-6-5-7-9-20/h5-9,12-15,18-19,22,24H,10-11,16-17H2,1-4H3/p+1/t19-,22+/m1/s1. The van der Waals surface area contributed by atoms with Crippen molar-refractivity contribution in [2.75, 3.05) is 13.7 Å². The van der Waals surface area contributed by atoms with Crippen LogP contribution in [0.2, 0.25) is 0 Å². The summed E-state index contributed by atoms with van der Waals surface area (Å²) in [6.45, 7) is 8.08. The Kier molecular flexibility index (Phi) is 8.00. The first kappa shape index (κ1) is 19.5. The third kappa shape index (κ3) is 6.55. The molecule has 136 valence electrons. The van der Waals surface area contributed by atoms with Crippen LogP contribution in [0.1, 0.15) is 63.1 Å². The van der Waals surface area contributed by atoms with Crippen molar-refractivity contribution >= 4 is 0 Å². The third-order valence-electron chi connectivity index (χ3n) is 5.04. The molecule has 0 unspecified atom stereocenters. The van der Waals surface area contributed by atoms with E-state index in [1.54, 1.807) is 7.11 Å². The van der Waals surface area contributed by atoms with E-state index < -0.39 is 0 Å². The molecule has 2 atom stereocenters. The van der Waals surface area contributed by atoms with Gasteiger partial charge in [0.2, 0.25) is 0 Å². The van der Waals surface area contributed by atoms with E-state index in [1.807, 2.05) is 0 Å². The number of ether oxygens (including phenoxy) is 1. The summed E-state index contributed by atoms with van der Waals surface area (Å²) >= 11 is 0. The van der Waals surface area contributed by atoms with Crippen LogP contribution in [0.5, 0.6) is 5.75 Å². The Labute approximate surface area is 153 Å². The van der Waals surface area contributed by atoms with Crippen LogP contribution in [0.25, 0.3) is 0 Å². The van der Waals surface area contributed by atoms with Crippen molar-refractivity contribution in [3.8, 4) is 5.75 Å². The summed E-state index contributed by atoms with van der Waals surface area (Å²) in [6, 6.07) is 20.0. The molecule has 0 aromatic heterocycles. The molecule has 2 nitrogen and oxygen atoms in total. The number of benzene rings is 2. The molecule has 25 heavy (non-hydrogen) atoms. The fourth-order valence-corrected chi connectivity index (χ4v) is 3.33. The van der Waals surface area contributed by atoms with Crippen molar-refractivity contribution in [2.45, 2.75) is 52.0 Å². The van der Waals surface area contributed by atoms with Crippen LogP contribution in [-0.4, -0.2) is 13.7 Å². The van der Waals surface area contributed by atoms with Gasteiger partial charge >= 0.3 is 0 Å². The Balaban J connectivity index is 1.93. The number of methoxy groups -OCH3 is 1. The van der Waals surface area contributed by atoms with Crippen LogP contribution < -0.4 is 10.1 Å². The molecule has 0 aliphatic rings. The van der Waals surface area contributed by atoms with Gasteiger partial charge in [0, 0.05) is 12.0 Å². The van der Waals surface area contributed by atoms with Gasteiger partial charge in [-0.15, -0.1) is 0 Å². The zero-order valence-electron chi connectivity index (χ0n) is 16.2. The van der Waals surface area contributed by atoms with Crippen molar-refractivity contribution in [2.24, 2.45) is 5.92 Å². The fraction of sp³-hybridized carbons (Fsp3) is 0.478. The van der Waals surface area contributed by atoms with Gasteiger partial charge in [-0.2, -0.15) is 0 Å². The van der Waals surface area contributed by atoms with Crippen molar-refractivity contribution in [3.63, 3.8) is 0 Å². The number of quaternary nitrogens is 1. The molecule has 0 radical (unpaired) electrons. The van der Waals surface area contributed by atoms with E-state index in [9.17, 15) is 0 Å². The maximum Gasteiger partial charge on any atom is 0.118 e. The lowest BCUT2D eigenvalue weighted by Gasteiger charge is -2.19. The second kappa shape index (κ2) is 10.2. The topological polar surface area (TPSA) is 25.8 Å². The Hall–Kier alpha value is -1.80. The highest BCUT2D eigenvalue weighted by molar-refractivity contribution is 5.29. The molecule has 2 rings (SSSR count). The van der Waals surface area contributed by atoms with E-state index in [0.29, 0.717) is 12.0 Å². The smallest absolute Gasteiger partial charge is 0.118 e. The molecule has 0 heterocycles. The number of hydrogen-bond acceptors (Lipinski definition) is 1. The second-order valence-corrected chi connectivity index (χ2v) is 7.45. The predicted molar refractivity (Wildman–Crippen MR) is 106 cm³/mol. The minimum Gasteiger partial charge on any atom is -0.497 e. The summed E-state index contributed by atoms with van der Waals surface area (Å²) < 4.78 is 5.30. The molecule has 0 saturated heterocycles. The average molecular weight is 341 g/mol. The van der Waals surface area contributed by atoms with Crippen LogP contribution in [0, 0.1) is 5.92 Å². The molecule has 2 heteroatoms. The number of hydrogen-bond donors (Lipinski definition) is 1. The number of rotatable bonds is 10. The zero-order valence-corrected chi connectivity index (χ0v) is 16.2. The lowest BCUT2D eigenvalue weighted by molar-refractivity contribution is -0.693. The van der Waals surface area contributed by atoms with Crippen LogP contribution in [0.3, 0.4) is 0 Å². The van der Waals surface area contributed by atoms with Crippen LogP contribution in [0.15, 0.2) is 54.6 Å². The monoisotopic (exact) mass is 340 g/mol. The van der Waals surface area contributed by atoms with Gasteiger partial charge in [0.15, 0.2) is 0 Å². The average Bonchev–Trinajstić information content (AvgIpc) is 2.65. The van der Waals surface area contributed by atoms with Crippen LogP contribution in [0.4, 0.5) is 0 Å². The quantitative estimate of drug-likeness (QED) is 0.652. The molecule has 0 fully saturated rings. The first-order valence-electron chi connectivity index (χ1n) is 9.62. The van der Waals surface area contributed by atoms with Crippen LogP contribution >= 0.6 is 0 Å². The third-order valence-corrected chi connectivity index (χ3v) is 5.04. The van der Waals surface area contributed by atoms with E-state index in [-0.39, 0.29) is 0 Å². The van der Waals surface area contributed by atoms with E-state index in [1.165, 1.54) is 30.4 Å². The Morgan fingerprint density at radius 2 is 1.48 bits per heavy atom. The molecule has 2 N–H and O–H groups in total. The first-order valence-corrected chi connectivity index (χ1v) is 9.62. The largest absolute Gasteiger partial charge is 0.497 e. The maximum atomic E-state index is 5.30. The SMILES string of the molecule is COc1ccc([C@H](CC[NH2+][C@H](C)c2ccccc2)CCC(C)C)cc1. The fourth-order valence-electron chi connectivity index (χ4n) is 3.33. The number of nitrogens with two attached hydrogens (primary N) is 1. The van der Waals surface area contributed by atoms with Crippen molar-refractivity contribution in [1.29, 1.82) is 0 Å². The van der Waals surface area contributed by atoms with Gasteiger partial charge in [-0.1, -0.05) is 62.7 Å². The summed E-state index contributed by atoms with van der Waals surface area (Å²) in [6.07, 6.45) is 3.76. The Morgan fingerprint density at radius 1 is 0.800 bits per heavy atom. The molecule has 0 aliphatic carbocycles. The van der Waals surface area contributed by atoms with Crippen molar-refractivity contribution < 1.29 is 10.1 Å². The predicted octanol–water partition coefficient (Wildman–Crippen LogP) is 4.93. The normalized spacial score (nSPS) is 13.6. The zero-order chi connectivity index (χ0) is 18.1. The van der Waals surface area contributed by atoms with Crippen LogP contribution in [-0.2, 0) is 0 Å². The van der Waals surface area contributed by atoms with Gasteiger partial charge < -0.3 is 10.1 Å². The molecule has 0 saturated carbocycles.